The molecule has 0 N–H and O–H groups in total. The molecule has 0 heterocycles. The lowest BCUT2D eigenvalue weighted by atomic mass is 10.1. The lowest BCUT2D eigenvalue weighted by Gasteiger charge is -2.18. The fourth-order valence-electron chi connectivity index (χ4n) is 7.13. The molecule has 0 aliphatic rings. The fourth-order valence-corrected chi connectivity index (χ4v) is 7.13. The maximum atomic E-state index is 12.8. The topological polar surface area (TPSA) is 78.9 Å². The summed E-state index contributed by atoms with van der Waals surface area (Å²) in [4.78, 5) is 37.9. The van der Waals surface area contributed by atoms with E-state index in [1.807, 2.05) is 0 Å². The van der Waals surface area contributed by atoms with Crippen molar-refractivity contribution in [3.05, 3.63) is 72.9 Å². The number of carbonyl (C=O) groups is 3. The number of unbranched alkanes of at least 4 members (excludes halogenated alkanes) is 24. The summed E-state index contributed by atoms with van der Waals surface area (Å²) in [7, 11) is 0. The summed E-state index contributed by atoms with van der Waals surface area (Å²) in [6.07, 6.45) is 64.5. The van der Waals surface area contributed by atoms with Crippen LogP contribution >= 0.6 is 0 Å². The zero-order valence-electron chi connectivity index (χ0n) is 41.3. The smallest absolute Gasteiger partial charge is 0.306 e. The van der Waals surface area contributed by atoms with E-state index < -0.39 is 6.10 Å². The molecule has 0 radical (unpaired) electrons. The third kappa shape index (κ3) is 49.7. The van der Waals surface area contributed by atoms with Gasteiger partial charge in [-0.25, -0.2) is 0 Å². The Morgan fingerprint density at radius 1 is 0.317 bits per heavy atom. The number of carbonyl (C=O) groups excluding carboxylic acids is 3. The molecule has 0 amide bonds. The van der Waals surface area contributed by atoms with Gasteiger partial charge in [0.25, 0.3) is 0 Å². The Labute approximate surface area is 389 Å². The number of hydrogen-bond acceptors (Lipinski definition) is 6. The van der Waals surface area contributed by atoms with E-state index in [0.29, 0.717) is 19.3 Å². The summed E-state index contributed by atoms with van der Waals surface area (Å²) < 4.78 is 16.8. The van der Waals surface area contributed by atoms with Crippen molar-refractivity contribution in [1.82, 2.24) is 0 Å². The SMILES string of the molecule is CCC/C=C\CCCCCCCC(=O)OCC(COC(=O)CCCCCCCC/C=C\C/C=C\C/C=C\CCCCC)OC(=O)CCCCCCC/C=C\C/C=C\CCCCCC. The van der Waals surface area contributed by atoms with Crippen LogP contribution in [-0.2, 0) is 28.6 Å². The molecule has 0 rings (SSSR count). The maximum Gasteiger partial charge on any atom is 0.306 e. The Hall–Kier alpha value is -3.15. The van der Waals surface area contributed by atoms with E-state index in [0.717, 1.165) is 122 Å². The van der Waals surface area contributed by atoms with Gasteiger partial charge in [-0.15, -0.1) is 0 Å². The molecule has 0 aliphatic carbocycles. The van der Waals surface area contributed by atoms with Crippen LogP contribution in [0.15, 0.2) is 72.9 Å². The van der Waals surface area contributed by atoms with Gasteiger partial charge >= 0.3 is 17.9 Å². The molecule has 1 unspecified atom stereocenters. The number of hydrogen-bond donors (Lipinski definition) is 0. The van der Waals surface area contributed by atoms with Crippen molar-refractivity contribution in [2.24, 2.45) is 0 Å². The van der Waals surface area contributed by atoms with Crippen molar-refractivity contribution in [2.75, 3.05) is 13.2 Å². The highest BCUT2D eigenvalue weighted by Crippen LogP contribution is 2.14. The standard InChI is InChI=1S/C57H98O6/c1-4-7-10-13-16-19-22-24-26-28-29-30-32-33-35-38-41-44-47-50-56(59)62-53-54(52-61-55(58)49-46-43-40-37-21-18-15-12-9-6-3)63-57(60)51-48-45-42-39-36-34-31-27-25-23-20-17-14-11-8-5-2/h12,15-16,19-20,23-24,26-27,29-31,54H,4-11,13-14,17-18,21-22,25,28,32-53H2,1-3H3/b15-12-,19-16-,23-20-,26-24-,30-29-,31-27-. The molecule has 0 bridgehead atoms. The second kappa shape index (κ2) is 51.5. The Bertz CT molecular complexity index is 1190. The van der Waals surface area contributed by atoms with E-state index in [2.05, 4.69) is 93.7 Å². The first kappa shape index (κ1) is 59.9. The highest BCUT2D eigenvalue weighted by Gasteiger charge is 2.19. The van der Waals surface area contributed by atoms with Gasteiger partial charge in [0.15, 0.2) is 6.10 Å². The summed E-state index contributed by atoms with van der Waals surface area (Å²) >= 11 is 0. The first-order valence-corrected chi connectivity index (χ1v) is 26.4. The van der Waals surface area contributed by atoms with E-state index in [1.54, 1.807) is 0 Å². The summed E-state index contributed by atoms with van der Waals surface area (Å²) in [5.41, 5.74) is 0. The Kier molecular flexibility index (Phi) is 48.9. The lowest BCUT2D eigenvalue weighted by molar-refractivity contribution is -0.167. The molecule has 63 heavy (non-hydrogen) atoms. The molecule has 0 saturated carbocycles. The van der Waals surface area contributed by atoms with E-state index >= 15 is 0 Å². The molecule has 0 aliphatic heterocycles. The predicted molar refractivity (Wildman–Crippen MR) is 270 cm³/mol. The largest absolute Gasteiger partial charge is 0.462 e. The number of ether oxygens (including phenoxy) is 3. The molecule has 6 heteroatoms. The van der Waals surface area contributed by atoms with Crippen molar-refractivity contribution in [1.29, 1.82) is 0 Å². The van der Waals surface area contributed by atoms with Crippen LogP contribution in [0.5, 0.6) is 0 Å². The number of allylic oxidation sites excluding steroid dienone is 12. The van der Waals surface area contributed by atoms with Crippen LogP contribution in [0, 0.1) is 0 Å². The van der Waals surface area contributed by atoms with Gasteiger partial charge in [-0.05, 0) is 109 Å². The minimum absolute atomic E-state index is 0.0903. The minimum atomic E-state index is -0.791. The zero-order valence-corrected chi connectivity index (χ0v) is 41.3. The Morgan fingerprint density at radius 2 is 0.603 bits per heavy atom. The van der Waals surface area contributed by atoms with E-state index in [4.69, 9.17) is 14.2 Å². The summed E-state index contributed by atoms with van der Waals surface area (Å²) in [5, 5.41) is 0. The first-order valence-electron chi connectivity index (χ1n) is 26.4. The first-order chi connectivity index (χ1) is 31.0. The van der Waals surface area contributed by atoms with Crippen LogP contribution < -0.4 is 0 Å². The van der Waals surface area contributed by atoms with Crippen molar-refractivity contribution in [3.8, 4) is 0 Å². The molecular weight excluding hydrogens is 781 g/mol. The van der Waals surface area contributed by atoms with Crippen molar-refractivity contribution in [2.45, 2.75) is 258 Å². The molecular formula is C57H98O6. The van der Waals surface area contributed by atoms with Crippen LogP contribution in [0.3, 0.4) is 0 Å². The second-order valence-electron chi connectivity index (χ2n) is 17.4. The molecule has 0 aromatic heterocycles. The van der Waals surface area contributed by atoms with Gasteiger partial charge in [-0.3, -0.25) is 14.4 Å². The highest BCUT2D eigenvalue weighted by molar-refractivity contribution is 5.71. The molecule has 0 spiro atoms. The van der Waals surface area contributed by atoms with Crippen LogP contribution in [0.25, 0.3) is 0 Å². The van der Waals surface area contributed by atoms with Gasteiger partial charge in [0.05, 0.1) is 0 Å². The average Bonchev–Trinajstić information content (AvgIpc) is 3.28. The monoisotopic (exact) mass is 879 g/mol. The quantitative estimate of drug-likeness (QED) is 0.0262. The van der Waals surface area contributed by atoms with Gasteiger partial charge in [0.1, 0.15) is 13.2 Å². The summed E-state index contributed by atoms with van der Waals surface area (Å²) in [6, 6.07) is 0. The van der Waals surface area contributed by atoms with Crippen molar-refractivity contribution < 1.29 is 28.6 Å². The van der Waals surface area contributed by atoms with Gasteiger partial charge in [-0.2, -0.15) is 0 Å². The molecule has 6 nitrogen and oxygen atoms in total. The third-order valence-corrected chi connectivity index (χ3v) is 11.1. The Morgan fingerprint density at radius 3 is 1.00 bits per heavy atom. The van der Waals surface area contributed by atoms with Gasteiger partial charge in [0, 0.05) is 19.3 Å². The second-order valence-corrected chi connectivity index (χ2v) is 17.4. The number of rotatable bonds is 47. The van der Waals surface area contributed by atoms with Crippen LogP contribution in [0.1, 0.15) is 252 Å². The van der Waals surface area contributed by atoms with Crippen LogP contribution in [0.2, 0.25) is 0 Å². The van der Waals surface area contributed by atoms with Gasteiger partial charge in [0.2, 0.25) is 0 Å². The van der Waals surface area contributed by atoms with Crippen LogP contribution in [0.4, 0.5) is 0 Å². The molecule has 0 aromatic carbocycles. The zero-order chi connectivity index (χ0) is 45.8. The third-order valence-electron chi connectivity index (χ3n) is 11.1. The maximum absolute atomic E-state index is 12.8. The minimum Gasteiger partial charge on any atom is -0.462 e. The van der Waals surface area contributed by atoms with E-state index in [-0.39, 0.29) is 31.1 Å². The van der Waals surface area contributed by atoms with Crippen molar-refractivity contribution in [3.63, 3.8) is 0 Å². The highest BCUT2D eigenvalue weighted by atomic mass is 16.6. The molecule has 362 valence electrons. The molecule has 0 aromatic rings. The van der Waals surface area contributed by atoms with E-state index in [9.17, 15) is 14.4 Å². The molecule has 1 atom stereocenters. The van der Waals surface area contributed by atoms with Crippen LogP contribution in [-0.4, -0.2) is 37.2 Å². The van der Waals surface area contributed by atoms with Gasteiger partial charge < -0.3 is 14.2 Å². The lowest BCUT2D eigenvalue weighted by Crippen LogP contribution is -2.30. The normalized spacial score (nSPS) is 12.6. The number of esters is 3. The Balaban J connectivity index is 4.39. The summed E-state index contributed by atoms with van der Waals surface area (Å²) in [5.74, 6) is -0.926. The van der Waals surface area contributed by atoms with E-state index in [1.165, 1.54) is 89.9 Å². The van der Waals surface area contributed by atoms with Crippen molar-refractivity contribution >= 4 is 17.9 Å². The summed E-state index contributed by atoms with van der Waals surface area (Å²) in [6.45, 7) is 6.50. The van der Waals surface area contributed by atoms with Gasteiger partial charge in [-0.1, -0.05) is 196 Å². The fraction of sp³-hybridized carbons (Fsp3) is 0.737. The molecule has 0 fully saturated rings. The molecule has 0 saturated heterocycles. The average molecular weight is 879 g/mol. The predicted octanol–water partition coefficient (Wildman–Crippen LogP) is 17.4.